The molecule has 3 aromatic heterocycles. The van der Waals surface area contributed by atoms with E-state index in [4.69, 9.17) is 0 Å². The lowest BCUT2D eigenvalue weighted by molar-refractivity contribution is 0.940. The minimum atomic E-state index is 0.846. The third-order valence-electron chi connectivity index (χ3n) is 8.95. The average Bonchev–Trinajstić information content (AvgIpc) is 3.63. The molecule has 5 nitrogen and oxygen atoms in total. The second-order valence-corrected chi connectivity index (χ2v) is 11.5. The third-order valence-corrected chi connectivity index (χ3v) is 8.95. The molecule has 0 bridgehead atoms. The van der Waals surface area contributed by atoms with Crippen LogP contribution in [0.4, 0.5) is 17.1 Å². The first-order valence-corrected chi connectivity index (χ1v) is 15.4. The molecule has 4 heterocycles. The van der Waals surface area contributed by atoms with Gasteiger partial charge in [0.2, 0.25) is 0 Å². The zero-order valence-electron chi connectivity index (χ0n) is 24.6. The van der Waals surface area contributed by atoms with Gasteiger partial charge in [0.1, 0.15) is 0 Å². The van der Waals surface area contributed by atoms with Gasteiger partial charge in [-0.05, 0) is 90.8 Å². The van der Waals surface area contributed by atoms with E-state index in [-0.39, 0.29) is 0 Å². The number of aromatic nitrogens is 3. The van der Waals surface area contributed by atoms with Crippen molar-refractivity contribution in [3.8, 4) is 11.4 Å². The minimum Gasteiger partial charge on any atom is -0.311 e. The van der Waals surface area contributed by atoms with Crippen molar-refractivity contribution in [2.45, 2.75) is 6.42 Å². The molecule has 45 heavy (non-hydrogen) atoms. The smallest absolute Gasteiger partial charge is 0.0724 e. The van der Waals surface area contributed by atoms with Crippen molar-refractivity contribution in [2.24, 2.45) is 4.99 Å². The van der Waals surface area contributed by atoms with E-state index in [9.17, 15) is 0 Å². The van der Waals surface area contributed by atoms with Crippen LogP contribution in [-0.2, 0) is 6.42 Å². The van der Waals surface area contributed by atoms with Gasteiger partial charge in [-0.15, -0.1) is 0 Å². The van der Waals surface area contributed by atoms with Crippen molar-refractivity contribution in [3.63, 3.8) is 0 Å². The van der Waals surface area contributed by atoms with Crippen LogP contribution in [0.25, 0.3) is 44.1 Å². The molecular weight excluding hydrogens is 550 g/mol. The van der Waals surface area contributed by atoms with Gasteiger partial charge in [-0.1, -0.05) is 54.6 Å². The highest BCUT2D eigenvalue weighted by Gasteiger charge is 2.20. The highest BCUT2D eigenvalue weighted by Crippen LogP contribution is 2.38. The van der Waals surface area contributed by atoms with Crippen LogP contribution in [-0.4, -0.2) is 26.9 Å². The molecule has 214 valence electrons. The number of aliphatic imine (C=N–C) groups is 1. The first-order chi connectivity index (χ1) is 22.3. The van der Waals surface area contributed by atoms with Crippen LogP contribution in [0.15, 0.2) is 151 Å². The second-order valence-electron chi connectivity index (χ2n) is 11.5. The lowest BCUT2D eigenvalue weighted by Crippen LogP contribution is -2.10. The first kappa shape index (κ1) is 25.5. The van der Waals surface area contributed by atoms with Gasteiger partial charge in [0, 0.05) is 63.6 Å². The molecule has 5 heteroatoms. The van der Waals surface area contributed by atoms with Crippen molar-refractivity contribution in [3.05, 3.63) is 157 Å². The van der Waals surface area contributed by atoms with Crippen molar-refractivity contribution in [1.82, 2.24) is 14.1 Å². The minimum absolute atomic E-state index is 0.846. The van der Waals surface area contributed by atoms with Crippen LogP contribution in [0.5, 0.6) is 0 Å². The molecule has 9 rings (SSSR count). The third kappa shape index (κ3) is 4.09. The number of para-hydroxylation sites is 3. The number of anilines is 3. The SMILES string of the molecule is C1=NCCc2c1n(-c1ccc(N(c3ccccc3)c3ccc(-n4c5ccccc5c5ccncc54)cc3)cc1)c1ccccc21. The molecule has 1 aliphatic heterocycles. The quantitative estimate of drug-likeness (QED) is 0.204. The summed E-state index contributed by atoms with van der Waals surface area (Å²) >= 11 is 0. The zero-order valence-corrected chi connectivity index (χ0v) is 24.6. The van der Waals surface area contributed by atoms with E-state index in [1.807, 2.05) is 18.6 Å². The number of rotatable bonds is 5. The van der Waals surface area contributed by atoms with Crippen LogP contribution in [0.3, 0.4) is 0 Å². The van der Waals surface area contributed by atoms with Gasteiger partial charge in [0.15, 0.2) is 0 Å². The van der Waals surface area contributed by atoms with E-state index in [0.29, 0.717) is 0 Å². The lowest BCUT2D eigenvalue weighted by Gasteiger charge is -2.26. The summed E-state index contributed by atoms with van der Waals surface area (Å²) in [5.41, 5.74) is 11.6. The van der Waals surface area contributed by atoms with Gasteiger partial charge in [0.25, 0.3) is 0 Å². The highest BCUT2D eigenvalue weighted by molar-refractivity contribution is 6.09. The molecule has 0 saturated carbocycles. The molecule has 0 atom stereocenters. The molecule has 1 aliphatic rings. The summed E-state index contributed by atoms with van der Waals surface area (Å²) in [6, 6.07) is 47.6. The number of hydrogen-bond donors (Lipinski definition) is 0. The van der Waals surface area contributed by atoms with Crippen LogP contribution in [0.1, 0.15) is 11.3 Å². The van der Waals surface area contributed by atoms with E-state index in [2.05, 4.69) is 157 Å². The number of benzene rings is 5. The van der Waals surface area contributed by atoms with E-state index >= 15 is 0 Å². The zero-order chi connectivity index (χ0) is 29.7. The number of nitrogens with zero attached hydrogens (tertiary/aromatic N) is 5. The first-order valence-electron chi connectivity index (χ1n) is 15.4. The van der Waals surface area contributed by atoms with E-state index < -0.39 is 0 Å². The second kappa shape index (κ2) is 10.4. The topological polar surface area (TPSA) is 38.4 Å². The number of hydrogen-bond acceptors (Lipinski definition) is 3. The Morgan fingerprint density at radius 1 is 0.511 bits per heavy atom. The monoisotopic (exact) mass is 579 g/mol. The summed E-state index contributed by atoms with van der Waals surface area (Å²) in [4.78, 5) is 11.4. The molecule has 5 aromatic carbocycles. The maximum absolute atomic E-state index is 4.62. The largest absolute Gasteiger partial charge is 0.311 e. The highest BCUT2D eigenvalue weighted by atomic mass is 15.1. The standard InChI is InChI=1S/C40H29N5/c1-2-8-28(9-3-1)43(29-14-18-31(19-15-29)44-37-12-6-4-10-33(37)35-22-24-41-26-39(35)44)30-16-20-32(21-17-30)45-38-13-7-5-11-34(38)36-23-25-42-27-40(36)45/h1-22,24,26-27H,23,25H2. The van der Waals surface area contributed by atoms with Gasteiger partial charge in [-0.3, -0.25) is 9.98 Å². The van der Waals surface area contributed by atoms with E-state index in [0.717, 1.165) is 46.9 Å². The van der Waals surface area contributed by atoms with Crippen LogP contribution in [0, 0.1) is 0 Å². The van der Waals surface area contributed by atoms with Crippen molar-refractivity contribution < 1.29 is 0 Å². The fourth-order valence-electron chi connectivity index (χ4n) is 6.95. The van der Waals surface area contributed by atoms with Crippen LogP contribution < -0.4 is 4.90 Å². The fourth-order valence-corrected chi connectivity index (χ4v) is 6.95. The summed E-state index contributed by atoms with van der Waals surface area (Å²) < 4.78 is 4.65. The van der Waals surface area contributed by atoms with Crippen LogP contribution >= 0.6 is 0 Å². The molecule has 0 N–H and O–H groups in total. The predicted molar refractivity (Wildman–Crippen MR) is 186 cm³/mol. The Balaban J connectivity index is 1.14. The summed E-state index contributed by atoms with van der Waals surface area (Å²) in [5, 5.41) is 3.75. The fraction of sp³-hybridized carbons (Fsp3) is 0.0500. The molecule has 0 unspecified atom stereocenters. The Labute approximate surface area is 261 Å². The van der Waals surface area contributed by atoms with Gasteiger partial charge in [-0.2, -0.15) is 0 Å². The molecule has 8 aromatic rings. The maximum Gasteiger partial charge on any atom is 0.0724 e. The molecule has 0 radical (unpaired) electrons. The van der Waals surface area contributed by atoms with Crippen molar-refractivity contribution in [2.75, 3.05) is 11.4 Å². The van der Waals surface area contributed by atoms with E-state index in [1.54, 1.807) is 0 Å². The van der Waals surface area contributed by atoms with E-state index in [1.165, 1.54) is 38.4 Å². The predicted octanol–water partition coefficient (Wildman–Crippen LogP) is 9.57. The molecule has 0 aliphatic carbocycles. The van der Waals surface area contributed by atoms with Gasteiger partial charge < -0.3 is 14.0 Å². The maximum atomic E-state index is 4.62. The Bertz CT molecular complexity index is 2310. The molecule has 0 fully saturated rings. The Hall–Kier alpha value is -5.94. The van der Waals surface area contributed by atoms with Gasteiger partial charge >= 0.3 is 0 Å². The van der Waals surface area contributed by atoms with Crippen molar-refractivity contribution in [1.29, 1.82) is 0 Å². The Morgan fingerprint density at radius 2 is 1.09 bits per heavy atom. The summed E-state index contributed by atoms with van der Waals surface area (Å²) in [6.45, 7) is 0.846. The molecule has 0 saturated heterocycles. The average molecular weight is 580 g/mol. The number of fused-ring (bicyclic) bond motifs is 6. The van der Waals surface area contributed by atoms with Gasteiger partial charge in [-0.25, -0.2) is 0 Å². The Morgan fingerprint density at radius 3 is 1.82 bits per heavy atom. The Kier molecular flexibility index (Phi) is 5.88. The normalized spacial score (nSPS) is 12.6. The van der Waals surface area contributed by atoms with Crippen molar-refractivity contribution >= 4 is 56.0 Å². The van der Waals surface area contributed by atoms with Gasteiger partial charge in [0.05, 0.1) is 28.4 Å². The number of pyridine rings is 1. The van der Waals surface area contributed by atoms with Crippen LogP contribution in [0.2, 0.25) is 0 Å². The molecule has 0 amide bonds. The molecule has 0 spiro atoms. The lowest BCUT2D eigenvalue weighted by atomic mass is 10.1. The summed E-state index contributed by atoms with van der Waals surface area (Å²) in [5.74, 6) is 0. The molecular formula is C40H29N5. The summed E-state index contributed by atoms with van der Waals surface area (Å²) in [7, 11) is 0. The summed E-state index contributed by atoms with van der Waals surface area (Å²) in [6.07, 6.45) is 6.84.